The van der Waals surface area contributed by atoms with Gasteiger partial charge in [-0.2, -0.15) is 0 Å². The predicted octanol–water partition coefficient (Wildman–Crippen LogP) is 2.99. The van der Waals surface area contributed by atoms with E-state index in [-0.39, 0.29) is 12.0 Å². The monoisotopic (exact) mass is 441 g/mol. The van der Waals surface area contributed by atoms with Crippen LogP contribution in [0.25, 0.3) is 0 Å². The van der Waals surface area contributed by atoms with Gasteiger partial charge in [0.25, 0.3) is 5.91 Å². The van der Waals surface area contributed by atoms with E-state index < -0.39 is 0 Å². The van der Waals surface area contributed by atoms with Gasteiger partial charge in [-0.05, 0) is 69.0 Å². The quantitative estimate of drug-likeness (QED) is 0.331. The van der Waals surface area contributed by atoms with Gasteiger partial charge < -0.3 is 31.0 Å². The first-order valence-corrected chi connectivity index (χ1v) is 11.3. The molecule has 32 heavy (non-hydrogen) atoms. The summed E-state index contributed by atoms with van der Waals surface area (Å²) in [6, 6.07) is 6.38. The molecule has 0 radical (unpaired) electrons. The van der Waals surface area contributed by atoms with Crippen molar-refractivity contribution in [1.82, 2.24) is 20.9 Å². The zero-order valence-electron chi connectivity index (χ0n) is 20.4. The number of benzene rings is 1. The van der Waals surface area contributed by atoms with E-state index in [4.69, 9.17) is 10.1 Å². The predicted molar refractivity (Wildman–Crippen MR) is 131 cm³/mol. The van der Waals surface area contributed by atoms with Crippen LogP contribution in [-0.2, 0) is 16.1 Å². The highest BCUT2D eigenvalue weighted by atomic mass is 16.5. The van der Waals surface area contributed by atoms with Crippen molar-refractivity contribution in [3.63, 3.8) is 0 Å². The number of nitrogens with one attached hydrogen (secondary N) is 4. The number of hydrogen-bond acceptors (Lipinski definition) is 6. The van der Waals surface area contributed by atoms with Gasteiger partial charge in [-0.25, -0.2) is 0 Å². The van der Waals surface area contributed by atoms with Crippen LogP contribution in [0.15, 0.2) is 40.9 Å². The second kappa shape index (κ2) is 12.4. The smallest absolute Gasteiger partial charge is 0.273 e. The van der Waals surface area contributed by atoms with E-state index in [1.165, 1.54) is 17.3 Å². The molecule has 1 saturated heterocycles. The molecule has 0 aliphatic carbocycles. The number of aryl methyl sites for hydroxylation is 2. The van der Waals surface area contributed by atoms with Gasteiger partial charge >= 0.3 is 0 Å². The van der Waals surface area contributed by atoms with E-state index in [1.807, 2.05) is 6.92 Å². The second-order valence-electron chi connectivity index (χ2n) is 8.57. The normalized spacial score (nSPS) is 18.4. The van der Waals surface area contributed by atoms with Crippen LogP contribution in [0.4, 0.5) is 0 Å². The Labute approximate surface area is 192 Å². The van der Waals surface area contributed by atoms with Crippen LogP contribution in [-0.4, -0.2) is 56.4 Å². The molecule has 1 aromatic carbocycles. The molecule has 1 fully saturated rings. The minimum Gasteiger partial charge on any atom is -0.378 e. The maximum atomic E-state index is 13.2. The number of ether oxygens (including phenoxy) is 1. The fourth-order valence-electron chi connectivity index (χ4n) is 3.44. The summed E-state index contributed by atoms with van der Waals surface area (Å²) in [6.07, 6.45) is 2.02. The van der Waals surface area contributed by atoms with E-state index >= 15 is 0 Å². The van der Waals surface area contributed by atoms with Gasteiger partial charge in [0.1, 0.15) is 11.5 Å². The van der Waals surface area contributed by atoms with Crippen molar-refractivity contribution in [2.45, 2.75) is 53.7 Å². The van der Waals surface area contributed by atoms with Crippen LogP contribution < -0.4 is 16.0 Å². The number of morpholine rings is 1. The first-order valence-electron chi connectivity index (χ1n) is 11.3. The van der Waals surface area contributed by atoms with Gasteiger partial charge in [0.15, 0.2) is 0 Å². The van der Waals surface area contributed by atoms with Gasteiger partial charge in [-0.3, -0.25) is 4.79 Å². The molecule has 1 aliphatic heterocycles. The Bertz CT molecular complexity index is 875. The average Bonchev–Trinajstić information content (AvgIpc) is 2.78. The Kier molecular flexibility index (Phi) is 9.94. The fourth-order valence-corrected chi connectivity index (χ4v) is 3.44. The average molecular weight is 442 g/mol. The van der Waals surface area contributed by atoms with E-state index in [1.54, 1.807) is 6.92 Å². The number of nitrogens with zero attached hydrogens (tertiary/aromatic N) is 1. The Morgan fingerprint density at radius 2 is 2.00 bits per heavy atom. The summed E-state index contributed by atoms with van der Waals surface area (Å²) in [7, 11) is 2.06. The SMILES string of the molecule is CC/C(C)=C(/NCc1ccc(C)c(C)c1)NC(=O)/C(NCC1CN(C)CCO1)=C(\C)C=N. The number of allylic oxidation sites excluding steroid dienone is 2. The molecule has 1 aliphatic rings. The number of amides is 1. The van der Waals surface area contributed by atoms with Gasteiger partial charge in [-0.1, -0.05) is 25.1 Å². The van der Waals surface area contributed by atoms with E-state index in [0.717, 1.165) is 30.6 Å². The Hall–Kier alpha value is -2.64. The van der Waals surface area contributed by atoms with E-state index in [0.29, 0.717) is 36.8 Å². The summed E-state index contributed by atoms with van der Waals surface area (Å²) < 4.78 is 5.80. The van der Waals surface area contributed by atoms with Crippen molar-refractivity contribution in [2.75, 3.05) is 33.3 Å². The molecule has 4 N–H and O–H groups in total. The fraction of sp³-hybridized carbons (Fsp3) is 0.520. The summed E-state index contributed by atoms with van der Waals surface area (Å²) in [6.45, 7) is 13.6. The number of hydrogen-bond donors (Lipinski definition) is 4. The van der Waals surface area contributed by atoms with Crippen molar-refractivity contribution in [3.05, 3.63) is 57.6 Å². The van der Waals surface area contributed by atoms with Crippen LogP contribution in [0.3, 0.4) is 0 Å². The van der Waals surface area contributed by atoms with Gasteiger partial charge in [-0.15, -0.1) is 0 Å². The summed E-state index contributed by atoms with van der Waals surface area (Å²) in [5, 5.41) is 17.3. The molecule has 1 amide bonds. The lowest BCUT2D eigenvalue weighted by Gasteiger charge is -2.30. The Morgan fingerprint density at radius 3 is 2.62 bits per heavy atom. The van der Waals surface area contributed by atoms with Crippen LogP contribution >= 0.6 is 0 Å². The van der Waals surface area contributed by atoms with Crippen molar-refractivity contribution >= 4 is 12.1 Å². The Morgan fingerprint density at radius 1 is 1.25 bits per heavy atom. The highest BCUT2D eigenvalue weighted by Gasteiger charge is 2.20. The molecule has 7 heteroatoms. The number of carbonyl (C=O) groups excluding carboxylic acids is 1. The first-order chi connectivity index (χ1) is 15.2. The minimum atomic E-state index is -0.259. The molecule has 1 atom stereocenters. The van der Waals surface area contributed by atoms with Crippen molar-refractivity contribution in [1.29, 1.82) is 5.41 Å². The van der Waals surface area contributed by atoms with Crippen LogP contribution in [0, 0.1) is 19.3 Å². The van der Waals surface area contributed by atoms with Crippen LogP contribution in [0.2, 0.25) is 0 Å². The maximum absolute atomic E-state index is 13.2. The minimum absolute atomic E-state index is 0.00498. The van der Waals surface area contributed by atoms with Crippen molar-refractivity contribution in [3.8, 4) is 0 Å². The summed E-state index contributed by atoms with van der Waals surface area (Å²) >= 11 is 0. The van der Waals surface area contributed by atoms with E-state index in [2.05, 4.69) is 66.9 Å². The molecule has 0 bridgehead atoms. The van der Waals surface area contributed by atoms with Crippen molar-refractivity contribution < 1.29 is 9.53 Å². The third-order valence-corrected chi connectivity index (χ3v) is 5.92. The first kappa shape index (κ1) is 25.6. The number of rotatable bonds is 10. The molecule has 0 spiro atoms. The largest absolute Gasteiger partial charge is 0.378 e. The summed E-state index contributed by atoms with van der Waals surface area (Å²) in [5.41, 5.74) is 5.70. The molecule has 1 unspecified atom stereocenters. The van der Waals surface area contributed by atoms with Crippen LogP contribution in [0.1, 0.15) is 43.9 Å². The molecule has 7 nitrogen and oxygen atoms in total. The number of likely N-dealkylation sites (N-methyl/N-ethyl adjacent to an activating group) is 1. The lowest BCUT2D eigenvalue weighted by Crippen LogP contribution is -2.46. The molecule has 0 saturated carbocycles. The molecular formula is C25H39N5O2. The number of carbonyl (C=O) groups is 1. The highest BCUT2D eigenvalue weighted by Crippen LogP contribution is 2.12. The molecular weight excluding hydrogens is 402 g/mol. The van der Waals surface area contributed by atoms with Gasteiger partial charge in [0.2, 0.25) is 0 Å². The highest BCUT2D eigenvalue weighted by molar-refractivity contribution is 5.99. The lowest BCUT2D eigenvalue weighted by molar-refractivity contribution is -0.117. The zero-order valence-corrected chi connectivity index (χ0v) is 20.4. The topological polar surface area (TPSA) is 89.5 Å². The lowest BCUT2D eigenvalue weighted by atomic mass is 10.1. The third-order valence-electron chi connectivity index (χ3n) is 5.92. The van der Waals surface area contributed by atoms with Gasteiger partial charge in [0, 0.05) is 32.4 Å². The zero-order chi connectivity index (χ0) is 23.7. The van der Waals surface area contributed by atoms with Crippen molar-refractivity contribution in [2.24, 2.45) is 0 Å². The molecule has 1 aromatic rings. The Balaban J connectivity index is 2.09. The van der Waals surface area contributed by atoms with Crippen LogP contribution in [0.5, 0.6) is 0 Å². The molecule has 2 rings (SSSR count). The maximum Gasteiger partial charge on any atom is 0.273 e. The standard InChI is InChI=1S/C25H39N5O2/c1-7-17(2)24(28-14-21-9-8-18(3)19(4)12-21)29-25(31)23(20(5)13-26)27-15-22-16-30(6)10-11-32-22/h8-9,12-13,22,26-28H,7,10-11,14-16H2,1-6H3,(H,29,31)/b23-20-,24-17-,26-13?. The van der Waals surface area contributed by atoms with E-state index in [9.17, 15) is 4.79 Å². The van der Waals surface area contributed by atoms with Gasteiger partial charge in [0.05, 0.1) is 12.7 Å². The molecule has 0 aromatic heterocycles. The molecule has 176 valence electrons. The summed E-state index contributed by atoms with van der Waals surface area (Å²) in [5.74, 6) is 0.451. The molecule has 1 heterocycles. The third kappa shape index (κ3) is 7.50. The summed E-state index contributed by atoms with van der Waals surface area (Å²) in [4.78, 5) is 15.4. The second-order valence-corrected chi connectivity index (χ2v) is 8.57.